The van der Waals surface area contributed by atoms with E-state index >= 15 is 0 Å². The first-order valence-electron chi connectivity index (χ1n) is 13.7. The maximum Gasteiger partial charge on any atom is 0.408 e. The predicted molar refractivity (Wildman–Crippen MR) is 162 cm³/mol. The van der Waals surface area contributed by atoms with E-state index in [9.17, 15) is 36.1 Å². The maximum atomic E-state index is 14.0. The Labute approximate surface area is 267 Å². The van der Waals surface area contributed by atoms with Crippen LogP contribution in [0.15, 0.2) is 42.5 Å². The quantitative estimate of drug-likeness (QED) is 0.109. The number of rotatable bonds is 12. The Morgan fingerprint density at radius 2 is 1.85 bits per heavy atom. The molecule has 2 heterocycles. The molecule has 4 aromatic rings. The molecule has 0 fully saturated rings. The van der Waals surface area contributed by atoms with Gasteiger partial charge in [0, 0.05) is 29.4 Å². The smallest absolute Gasteiger partial charge is 0.408 e. The second-order valence-electron chi connectivity index (χ2n) is 10.00. The Balaban J connectivity index is 2.03. The number of halogens is 6. The van der Waals surface area contributed by atoms with Gasteiger partial charge in [0.05, 0.1) is 45.6 Å². The summed E-state index contributed by atoms with van der Waals surface area (Å²) in [4.78, 5) is 29.3. The zero-order valence-corrected chi connectivity index (χ0v) is 25.9. The van der Waals surface area contributed by atoms with Gasteiger partial charge in [-0.1, -0.05) is 35.0 Å². The summed E-state index contributed by atoms with van der Waals surface area (Å²) in [6, 6.07) is 6.80. The van der Waals surface area contributed by atoms with Crippen molar-refractivity contribution in [2.24, 2.45) is 0 Å². The van der Waals surface area contributed by atoms with Crippen molar-refractivity contribution in [1.82, 2.24) is 25.4 Å². The lowest BCUT2D eigenvalue weighted by molar-refractivity contribution is -0.141. The minimum Gasteiger partial charge on any atom is -0.593 e. The molecule has 0 radical (unpaired) electrons. The van der Waals surface area contributed by atoms with Crippen LogP contribution >= 0.6 is 11.6 Å². The van der Waals surface area contributed by atoms with Gasteiger partial charge in [-0.15, -0.1) is 5.10 Å². The third kappa shape index (κ3) is 7.86. The number of carbonyl (C=O) groups is 2. The summed E-state index contributed by atoms with van der Waals surface area (Å²) in [6.45, 7) is -0.534. The number of benzene rings is 2. The largest absolute Gasteiger partial charge is 0.593 e. The summed E-state index contributed by atoms with van der Waals surface area (Å²) >= 11 is 4.37. The van der Waals surface area contributed by atoms with Crippen molar-refractivity contribution >= 4 is 52.1 Å². The summed E-state index contributed by atoms with van der Waals surface area (Å²) in [5.74, 6) is -2.14. The van der Waals surface area contributed by atoms with Crippen molar-refractivity contribution < 1.29 is 41.2 Å². The zero-order chi connectivity index (χ0) is 33.8. The molecule has 46 heavy (non-hydrogen) atoms. The van der Waals surface area contributed by atoms with E-state index in [4.69, 9.17) is 16.7 Å². The highest BCUT2D eigenvalue weighted by Crippen LogP contribution is 2.42. The molecule has 0 aliphatic heterocycles. The third-order valence-corrected chi connectivity index (χ3v) is 7.94. The Morgan fingerprint density at radius 1 is 1.17 bits per heavy atom. The number of amides is 3. The average Bonchev–Trinajstić information content (AvgIpc) is 3.33. The fourth-order valence-corrected chi connectivity index (χ4v) is 5.87. The molecule has 0 saturated carbocycles. The molecule has 246 valence electrons. The number of pyridine rings is 1. The van der Waals surface area contributed by atoms with Gasteiger partial charge in [0.25, 0.3) is 0 Å². The van der Waals surface area contributed by atoms with Crippen molar-refractivity contribution in [1.29, 1.82) is 0 Å². The molecular weight excluding hydrogens is 659 g/mol. The lowest BCUT2D eigenvalue weighted by Gasteiger charge is -2.21. The van der Waals surface area contributed by atoms with E-state index in [1.807, 2.05) is 6.92 Å². The number of hydrogen-bond acceptors (Lipinski definition) is 6. The van der Waals surface area contributed by atoms with E-state index in [0.717, 1.165) is 18.4 Å². The number of aryl methyl sites for hydroxylation is 1. The molecule has 4 rings (SSSR count). The standard InChI is InChI=1S/C29H28ClF5N6O4S/c1-3-19-4-5-20(25(38-19)23(37-15-43)12-16-10-17(31)13-18(32)11-16)21-6-7-22(30)24-26(21)40(14-29(33,34)35)39-27(24)41(46(2)45)28(44)36-8-9-42/h4-7,10-11,13,15,23,42H,3,8-9,12,14H2,1-2H3,(H,36,44)(H,37,43). The minimum absolute atomic E-state index is 0.105. The van der Waals surface area contributed by atoms with Gasteiger partial charge in [0.2, 0.25) is 12.2 Å². The number of alkyl halides is 3. The van der Waals surface area contributed by atoms with Crippen molar-refractivity contribution in [3.8, 4) is 11.1 Å². The molecule has 0 aliphatic carbocycles. The molecule has 0 spiro atoms. The van der Waals surface area contributed by atoms with Crippen LogP contribution < -0.4 is 14.9 Å². The van der Waals surface area contributed by atoms with E-state index in [1.165, 1.54) is 12.1 Å². The molecule has 10 nitrogen and oxygen atoms in total. The number of nitrogens with one attached hydrogen (secondary N) is 2. The number of aliphatic hydroxyl groups excluding tert-OH is 1. The molecule has 2 aromatic heterocycles. The van der Waals surface area contributed by atoms with Crippen LogP contribution in [0.25, 0.3) is 22.0 Å². The Bertz CT molecular complexity index is 1720. The lowest BCUT2D eigenvalue weighted by atomic mass is 9.93. The zero-order valence-electron chi connectivity index (χ0n) is 24.4. The molecule has 2 atom stereocenters. The van der Waals surface area contributed by atoms with E-state index in [-0.39, 0.29) is 51.3 Å². The number of carbonyl (C=O) groups excluding carboxylic acids is 2. The van der Waals surface area contributed by atoms with E-state index in [0.29, 0.717) is 33.6 Å². The van der Waals surface area contributed by atoms with Gasteiger partial charge in [-0.25, -0.2) is 13.6 Å². The second-order valence-corrected chi connectivity index (χ2v) is 11.6. The number of anilines is 1. The van der Waals surface area contributed by atoms with Crippen molar-refractivity contribution in [3.63, 3.8) is 0 Å². The van der Waals surface area contributed by atoms with Crippen LogP contribution in [-0.2, 0) is 35.5 Å². The molecular formula is C29H28ClF5N6O4S. The average molecular weight is 687 g/mol. The van der Waals surface area contributed by atoms with Gasteiger partial charge < -0.3 is 20.3 Å². The number of aromatic nitrogens is 3. The van der Waals surface area contributed by atoms with Gasteiger partial charge in [-0.2, -0.15) is 13.2 Å². The highest BCUT2D eigenvalue weighted by molar-refractivity contribution is 7.92. The predicted octanol–water partition coefficient (Wildman–Crippen LogP) is 4.99. The molecule has 3 N–H and O–H groups in total. The highest BCUT2D eigenvalue weighted by atomic mass is 35.5. The summed E-state index contributed by atoms with van der Waals surface area (Å²) in [5, 5.41) is 17.8. The van der Waals surface area contributed by atoms with Crippen LogP contribution in [0.2, 0.25) is 5.02 Å². The summed E-state index contributed by atoms with van der Waals surface area (Å²) < 4.78 is 83.8. The normalized spacial score (nSPS) is 13.0. The van der Waals surface area contributed by atoms with Gasteiger partial charge in [-0.05, 0) is 42.7 Å². The summed E-state index contributed by atoms with van der Waals surface area (Å²) in [7, 11) is 0. The van der Waals surface area contributed by atoms with Crippen LogP contribution in [-0.4, -0.2) is 62.4 Å². The minimum atomic E-state index is -4.80. The molecule has 0 aliphatic rings. The Morgan fingerprint density at radius 3 is 2.43 bits per heavy atom. The molecule has 2 aromatic carbocycles. The van der Waals surface area contributed by atoms with Crippen LogP contribution in [0, 0.1) is 11.6 Å². The molecule has 2 unspecified atom stereocenters. The van der Waals surface area contributed by atoms with Gasteiger partial charge in [0.15, 0.2) is 0 Å². The van der Waals surface area contributed by atoms with Crippen LogP contribution in [0.4, 0.5) is 32.6 Å². The van der Waals surface area contributed by atoms with Gasteiger partial charge in [-0.3, -0.25) is 14.5 Å². The van der Waals surface area contributed by atoms with Crippen molar-refractivity contribution in [2.45, 2.75) is 38.5 Å². The summed E-state index contributed by atoms with van der Waals surface area (Å²) in [6.07, 6.45) is -3.03. The maximum absolute atomic E-state index is 14.0. The molecule has 0 bridgehead atoms. The number of urea groups is 1. The number of fused-ring (bicyclic) bond motifs is 1. The molecule has 17 heteroatoms. The molecule has 3 amide bonds. The first-order valence-corrected chi connectivity index (χ1v) is 15.6. The SMILES string of the molecule is CCc1ccc(-c2ccc(Cl)c3c(N(C(=O)NCCO)[S+](C)[O-])nn(CC(F)(F)F)c23)c(C(Cc2cc(F)cc(F)c2)NC=O)n1. The Hall–Kier alpha value is -3.99. The topological polar surface area (TPSA) is 135 Å². The van der Waals surface area contributed by atoms with Crippen molar-refractivity contribution in [2.75, 3.05) is 23.7 Å². The van der Waals surface area contributed by atoms with Crippen LogP contribution in [0.1, 0.15) is 29.9 Å². The number of aliphatic hydroxyl groups is 1. The number of hydrogen-bond donors (Lipinski definition) is 3. The highest BCUT2D eigenvalue weighted by Gasteiger charge is 2.36. The van der Waals surface area contributed by atoms with E-state index in [2.05, 4.69) is 20.7 Å². The number of nitrogens with zero attached hydrogens (tertiary/aromatic N) is 4. The van der Waals surface area contributed by atoms with Crippen LogP contribution in [0.3, 0.4) is 0 Å². The van der Waals surface area contributed by atoms with E-state index in [1.54, 1.807) is 12.1 Å². The fraction of sp³-hybridized carbons (Fsp3) is 0.310. The molecule has 0 saturated heterocycles. The first-order chi connectivity index (χ1) is 21.8. The third-order valence-electron chi connectivity index (χ3n) is 6.77. The van der Waals surface area contributed by atoms with Crippen molar-refractivity contribution in [3.05, 3.63) is 76.1 Å². The summed E-state index contributed by atoms with van der Waals surface area (Å²) in [5.41, 5.74) is 1.01. The Kier molecular flexibility index (Phi) is 11.1. The van der Waals surface area contributed by atoms with E-state index < -0.39 is 60.2 Å². The van der Waals surface area contributed by atoms with Gasteiger partial charge >= 0.3 is 12.2 Å². The first kappa shape index (κ1) is 34.9. The second kappa shape index (κ2) is 14.6. The van der Waals surface area contributed by atoms with Crippen LogP contribution in [0.5, 0.6) is 0 Å². The van der Waals surface area contributed by atoms with Gasteiger partial charge in [0.1, 0.15) is 24.4 Å². The fourth-order valence-electron chi connectivity index (χ4n) is 4.96. The lowest BCUT2D eigenvalue weighted by Crippen LogP contribution is -2.44. The monoisotopic (exact) mass is 686 g/mol.